The van der Waals surface area contributed by atoms with Gasteiger partial charge < -0.3 is 12.6 Å². The van der Waals surface area contributed by atoms with Gasteiger partial charge in [0, 0.05) is 5.88 Å². The highest BCUT2D eigenvalue weighted by Gasteiger charge is 1.47. The lowest BCUT2D eigenvalue weighted by Crippen LogP contribution is -1.71. The maximum Gasteiger partial charge on any atom is 0.000471 e. The van der Waals surface area contributed by atoms with Gasteiger partial charge in [-0.15, -0.1) is 11.6 Å². The van der Waals surface area contributed by atoms with E-state index in [-0.39, 0.29) is 0 Å². The molecule has 26 valence electrons. The molecule has 0 aliphatic rings. The molecule has 0 rings (SSSR count). The van der Waals surface area contributed by atoms with Crippen LogP contribution in [0, 0.1) is 0 Å². The van der Waals surface area contributed by atoms with Gasteiger partial charge in [-0.2, -0.15) is 5.75 Å². The highest BCUT2D eigenvalue weighted by Crippen LogP contribution is 1.65. The zero-order valence-corrected chi connectivity index (χ0v) is 3.77. The number of rotatable bonds is 1. The Morgan fingerprint density at radius 2 is 2.00 bits per heavy atom. The number of hydrogen-bond donors (Lipinski definition) is 0. The fraction of sp³-hybridized carbons (Fsp3) is 1.00. The second-order valence-corrected chi connectivity index (χ2v) is 1.18. The van der Waals surface area contributed by atoms with Crippen LogP contribution in [0.1, 0.15) is 0 Å². The quantitative estimate of drug-likeness (QED) is 0.343. The van der Waals surface area contributed by atoms with Crippen LogP contribution >= 0.6 is 11.6 Å². The summed E-state index contributed by atoms with van der Waals surface area (Å²) in [5, 5.41) is 0. The van der Waals surface area contributed by atoms with Crippen molar-refractivity contribution in [2.75, 3.05) is 11.6 Å². The van der Waals surface area contributed by atoms with Gasteiger partial charge in [0.25, 0.3) is 0 Å². The molecule has 0 saturated heterocycles. The van der Waals surface area contributed by atoms with Crippen molar-refractivity contribution in [1.29, 1.82) is 0 Å². The summed E-state index contributed by atoms with van der Waals surface area (Å²) in [7, 11) is 0. The van der Waals surface area contributed by atoms with E-state index in [0.29, 0.717) is 11.6 Å². The van der Waals surface area contributed by atoms with E-state index >= 15 is 0 Å². The molecular weight excluding hydrogens is 91.5 g/mol. The Bertz CT molecular complexity index is 8.00. The molecule has 0 saturated carbocycles. The topological polar surface area (TPSA) is 0 Å². The molecule has 0 bridgehead atoms. The fourth-order valence-corrected chi connectivity index (χ4v) is 0. The Labute approximate surface area is 36.6 Å². The Hall–Kier alpha value is 0.640. The molecule has 0 spiro atoms. The van der Waals surface area contributed by atoms with E-state index in [0.717, 1.165) is 0 Å². The minimum Gasteiger partial charge on any atom is -0.791 e. The van der Waals surface area contributed by atoms with Crippen LogP contribution in [0.5, 0.6) is 0 Å². The average molecular weight is 95.6 g/mol. The van der Waals surface area contributed by atoms with Crippen molar-refractivity contribution in [3.05, 3.63) is 0 Å². The highest BCUT2D eigenvalue weighted by molar-refractivity contribution is 7.58. The lowest BCUT2D eigenvalue weighted by Gasteiger charge is -1.87. The summed E-state index contributed by atoms with van der Waals surface area (Å²) >= 11 is 9.50. The van der Waals surface area contributed by atoms with E-state index in [1.807, 2.05) is 0 Å². The summed E-state index contributed by atoms with van der Waals surface area (Å²) < 4.78 is 0. The smallest absolute Gasteiger partial charge is 0.000471 e. The zero-order chi connectivity index (χ0) is 3.41. The second kappa shape index (κ2) is 3.64. The van der Waals surface area contributed by atoms with Gasteiger partial charge in [0.15, 0.2) is 0 Å². The van der Waals surface area contributed by atoms with Crippen LogP contribution in [-0.2, 0) is 12.6 Å². The first-order valence-electron chi connectivity index (χ1n) is 1.06. The van der Waals surface area contributed by atoms with Crippen LogP contribution in [0.15, 0.2) is 0 Å². The number of halogens is 1. The predicted octanol–water partition coefficient (Wildman–Crippen LogP) is 0.772. The van der Waals surface area contributed by atoms with Crippen molar-refractivity contribution >= 4 is 24.2 Å². The Kier molecular flexibility index (Phi) is 4.22. The summed E-state index contributed by atoms with van der Waals surface area (Å²) in [6, 6.07) is 0. The van der Waals surface area contributed by atoms with Gasteiger partial charge in [0.1, 0.15) is 0 Å². The first-order valence-corrected chi connectivity index (χ1v) is 2.17. The van der Waals surface area contributed by atoms with E-state index in [2.05, 4.69) is 12.6 Å². The highest BCUT2D eigenvalue weighted by atomic mass is 35.5. The second-order valence-electron chi connectivity index (χ2n) is 0.393. The molecule has 0 aliphatic heterocycles. The molecule has 0 amide bonds. The lowest BCUT2D eigenvalue weighted by molar-refractivity contribution is 1.55. The molecule has 0 fully saturated rings. The number of hydrogen-bond acceptors (Lipinski definition) is 1. The van der Waals surface area contributed by atoms with Gasteiger partial charge in [-0.1, -0.05) is 0 Å². The van der Waals surface area contributed by atoms with Gasteiger partial charge in [0.2, 0.25) is 0 Å². The van der Waals surface area contributed by atoms with Crippen molar-refractivity contribution in [2.45, 2.75) is 0 Å². The summed E-state index contributed by atoms with van der Waals surface area (Å²) in [5.41, 5.74) is 0. The van der Waals surface area contributed by atoms with Crippen LogP contribution < -0.4 is 0 Å². The maximum absolute atomic E-state index is 5.08. The molecule has 0 aromatic heterocycles. The third-order valence-corrected chi connectivity index (χ3v) is 0.694. The first-order chi connectivity index (χ1) is 1.91. The van der Waals surface area contributed by atoms with Crippen LogP contribution in [0.3, 0.4) is 0 Å². The van der Waals surface area contributed by atoms with Crippen LogP contribution in [-0.4, -0.2) is 11.6 Å². The molecule has 0 unspecified atom stereocenters. The van der Waals surface area contributed by atoms with Crippen molar-refractivity contribution in [3.8, 4) is 0 Å². The standard InChI is InChI=1S/C2H5ClS/c3-1-2-4/h4H,1-2H2/p-1. The minimum atomic E-state index is 0.606. The van der Waals surface area contributed by atoms with Crippen LogP contribution in [0.25, 0.3) is 0 Å². The Morgan fingerprint density at radius 1 is 1.75 bits per heavy atom. The van der Waals surface area contributed by atoms with E-state index in [9.17, 15) is 0 Å². The summed E-state index contributed by atoms with van der Waals surface area (Å²) in [4.78, 5) is 0. The molecule has 0 atom stereocenters. The molecule has 0 N–H and O–H groups in total. The molecule has 0 heterocycles. The third-order valence-electron chi connectivity index (χ3n) is 0.0772. The molecule has 0 radical (unpaired) electrons. The molecule has 0 nitrogen and oxygen atoms in total. The maximum atomic E-state index is 5.08. The normalized spacial score (nSPS) is 7.50. The van der Waals surface area contributed by atoms with Gasteiger partial charge >= 0.3 is 0 Å². The molecular formula is C2H4ClS-. The summed E-state index contributed by atoms with van der Waals surface area (Å²) in [6.07, 6.45) is 0. The minimum absolute atomic E-state index is 0.606. The molecule has 0 aromatic carbocycles. The predicted molar refractivity (Wildman–Crippen MR) is 23.0 cm³/mol. The van der Waals surface area contributed by atoms with Crippen LogP contribution in [0.4, 0.5) is 0 Å². The Morgan fingerprint density at radius 3 is 2.00 bits per heavy atom. The third kappa shape index (κ3) is 2.64. The fourth-order valence-electron chi connectivity index (χ4n) is 0. The largest absolute Gasteiger partial charge is 0.791 e. The van der Waals surface area contributed by atoms with E-state index in [1.165, 1.54) is 0 Å². The molecule has 0 aromatic rings. The van der Waals surface area contributed by atoms with Crippen molar-refractivity contribution in [2.24, 2.45) is 0 Å². The van der Waals surface area contributed by atoms with E-state index in [4.69, 9.17) is 11.6 Å². The van der Waals surface area contributed by atoms with Gasteiger partial charge in [-0.05, 0) is 0 Å². The van der Waals surface area contributed by atoms with Crippen molar-refractivity contribution in [1.82, 2.24) is 0 Å². The SMILES string of the molecule is [S-]CCCl. The summed E-state index contributed by atoms with van der Waals surface area (Å²) in [5.74, 6) is 1.27. The average Bonchev–Trinajstić information content (AvgIpc) is 1.37. The first kappa shape index (κ1) is 4.64. The van der Waals surface area contributed by atoms with Crippen molar-refractivity contribution in [3.63, 3.8) is 0 Å². The Balaban J connectivity index is 1.97. The zero-order valence-electron chi connectivity index (χ0n) is 2.20. The van der Waals surface area contributed by atoms with Gasteiger partial charge in [0.05, 0.1) is 0 Å². The lowest BCUT2D eigenvalue weighted by atomic mass is 11.0. The molecule has 0 aliphatic carbocycles. The van der Waals surface area contributed by atoms with E-state index in [1.54, 1.807) is 0 Å². The monoisotopic (exact) mass is 95.0 g/mol. The van der Waals surface area contributed by atoms with E-state index < -0.39 is 0 Å². The molecule has 2 heteroatoms. The van der Waals surface area contributed by atoms with Crippen LogP contribution in [0.2, 0.25) is 0 Å². The van der Waals surface area contributed by atoms with Gasteiger partial charge in [-0.25, -0.2) is 0 Å². The van der Waals surface area contributed by atoms with Crippen molar-refractivity contribution < 1.29 is 0 Å². The van der Waals surface area contributed by atoms with Gasteiger partial charge in [-0.3, -0.25) is 0 Å². The number of alkyl halides is 1. The molecule has 4 heavy (non-hydrogen) atoms. The summed E-state index contributed by atoms with van der Waals surface area (Å²) in [6.45, 7) is 0.